The lowest BCUT2D eigenvalue weighted by Gasteiger charge is -2.45. The number of piperidine rings is 2. The predicted octanol–water partition coefficient (Wildman–Crippen LogP) is 0.949. The van der Waals surface area contributed by atoms with Crippen LogP contribution in [0, 0.1) is 5.92 Å². The average Bonchev–Trinajstić information content (AvgIpc) is 2.17. The molecule has 3 heteroatoms. The van der Waals surface area contributed by atoms with Gasteiger partial charge in [-0.15, -0.1) is 0 Å². The van der Waals surface area contributed by atoms with Crippen molar-refractivity contribution in [3.05, 3.63) is 0 Å². The maximum Gasteiger partial charge on any atom is 0.219 e. The Morgan fingerprint density at radius 3 is 2.79 bits per heavy atom. The van der Waals surface area contributed by atoms with Gasteiger partial charge in [0.2, 0.25) is 5.91 Å². The zero-order valence-electron chi connectivity index (χ0n) is 9.20. The number of carbonyl (C=O) groups is 1. The molecule has 0 aliphatic carbocycles. The Labute approximate surface area is 86.1 Å². The number of fused-ring (bicyclic) bond motifs is 1. The van der Waals surface area contributed by atoms with Crippen LogP contribution in [0.3, 0.4) is 0 Å². The predicted molar refractivity (Wildman–Crippen MR) is 56.0 cm³/mol. The van der Waals surface area contributed by atoms with Crippen LogP contribution >= 0.6 is 0 Å². The molecule has 14 heavy (non-hydrogen) atoms. The summed E-state index contributed by atoms with van der Waals surface area (Å²) in [6.45, 7) is 4.87. The van der Waals surface area contributed by atoms with Gasteiger partial charge in [-0.1, -0.05) is 0 Å². The van der Waals surface area contributed by atoms with Gasteiger partial charge in [0.25, 0.3) is 0 Å². The molecule has 0 aromatic rings. The molecule has 2 unspecified atom stereocenters. The molecule has 0 aromatic carbocycles. The van der Waals surface area contributed by atoms with Gasteiger partial charge in [0.1, 0.15) is 0 Å². The molecule has 0 bridgehead atoms. The molecule has 0 N–H and O–H groups in total. The Bertz CT molecular complexity index is 229. The fourth-order valence-electron chi connectivity index (χ4n) is 2.94. The molecule has 2 saturated heterocycles. The number of nitrogens with zero attached hydrogens (tertiary/aromatic N) is 2. The zero-order valence-corrected chi connectivity index (χ0v) is 9.20. The topological polar surface area (TPSA) is 23.6 Å². The van der Waals surface area contributed by atoms with Crippen molar-refractivity contribution < 1.29 is 4.79 Å². The summed E-state index contributed by atoms with van der Waals surface area (Å²) in [5, 5.41) is 0. The average molecular weight is 196 g/mol. The van der Waals surface area contributed by atoms with E-state index in [0.717, 1.165) is 25.0 Å². The second kappa shape index (κ2) is 3.89. The molecule has 0 saturated carbocycles. The van der Waals surface area contributed by atoms with E-state index in [1.165, 1.54) is 25.8 Å². The Balaban J connectivity index is 1.99. The molecule has 2 aliphatic rings. The van der Waals surface area contributed by atoms with Crippen molar-refractivity contribution in [1.29, 1.82) is 0 Å². The molecular weight excluding hydrogens is 176 g/mol. The van der Waals surface area contributed by atoms with E-state index in [1.54, 1.807) is 6.92 Å². The summed E-state index contributed by atoms with van der Waals surface area (Å²) in [5.74, 6) is 0.975. The summed E-state index contributed by atoms with van der Waals surface area (Å²) in [4.78, 5) is 15.8. The largest absolute Gasteiger partial charge is 0.343 e. The second-order valence-electron chi connectivity index (χ2n) is 4.70. The van der Waals surface area contributed by atoms with Crippen LogP contribution in [-0.2, 0) is 4.79 Å². The molecule has 2 heterocycles. The van der Waals surface area contributed by atoms with Crippen molar-refractivity contribution in [2.75, 3.05) is 26.7 Å². The minimum absolute atomic E-state index is 0.247. The van der Waals surface area contributed by atoms with E-state index in [2.05, 4.69) is 11.9 Å². The van der Waals surface area contributed by atoms with Gasteiger partial charge in [-0.05, 0) is 38.8 Å². The highest BCUT2D eigenvalue weighted by Gasteiger charge is 2.34. The number of likely N-dealkylation sites (tertiary alicyclic amines) is 2. The van der Waals surface area contributed by atoms with Crippen molar-refractivity contribution >= 4 is 5.91 Å². The number of hydrogen-bond acceptors (Lipinski definition) is 2. The van der Waals surface area contributed by atoms with E-state index in [0.29, 0.717) is 0 Å². The molecular formula is C11H20N2O. The molecule has 80 valence electrons. The second-order valence-corrected chi connectivity index (χ2v) is 4.70. The number of hydrogen-bond donors (Lipinski definition) is 0. The smallest absolute Gasteiger partial charge is 0.219 e. The molecule has 3 nitrogen and oxygen atoms in total. The summed E-state index contributed by atoms with van der Waals surface area (Å²) in [5.41, 5.74) is 0. The third-order valence-electron chi connectivity index (χ3n) is 3.79. The molecule has 0 aromatic heterocycles. The summed E-state index contributed by atoms with van der Waals surface area (Å²) >= 11 is 0. The summed E-state index contributed by atoms with van der Waals surface area (Å²) in [7, 11) is 2.22. The molecule has 0 spiro atoms. The van der Waals surface area contributed by atoms with Crippen molar-refractivity contribution in [2.24, 2.45) is 5.92 Å². The molecule has 1 amide bonds. The monoisotopic (exact) mass is 196 g/mol. The van der Waals surface area contributed by atoms with Gasteiger partial charge in [-0.3, -0.25) is 4.79 Å². The minimum Gasteiger partial charge on any atom is -0.343 e. The fourth-order valence-corrected chi connectivity index (χ4v) is 2.94. The molecule has 2 atom stereocenters. The van der Waals surface area contributed by atoms with Crippen LogP contribution in [0.15, 0.2) is 0 Å². The van der Waals surface area contributed by atoms with E-state index >= 15 is 0 Å². The molecule has 2 fully saturated rings. The Morgan fingerprint density at radius 2 is 2.07 bits per heavy atom. The van der Waals surface area contributed by atoms with Crippen LogP contribution in [0.1, 0.15) is 26.2 Å². The standard InChI is InChI=1S/C11H20N2O/c1-9(14)13-7-5-11-10(8-13)4-3-6-12(11)2/h10-11H,3-8H2,1-2H3. The highest BCUT2D eigenvalue weighted by Crippen LogP contribution is 2.29. The minimum atomic E-state index is 0.247. The van der Waals surface area contributed by atoms with Gasteiger partial charge in [-0.2, -0.15) is 0 Å². The van der Waals surface area contributed by atoms with Gasteiger partial charge < -0.3 is 9.80 Å². The van der Waals surface area contributed by atoms with Crippen molar-refractivity contribution in [1.82, 2.24) is 9.80 Å². The zero-order chi connectivity index (χ0) is 10.1. The molecule has 2 aliphatic heterocycles. The maximum absolute atomic E-state index is 11.3. The van der Waals surface area contributed by atoms with Gasteiger partial charge >= 0.3 is 0 Å². The first-order valence-corrected chi connectivity index (χ1v) is 5.64. The SMILES string of the molecule is CC(=O)N1CCC2C(CCCN2C)C1. The van der Waals surface area contributed by atoms with E-state index in [9.17, 15) is 4.79 Å². The van der Waals surface area contributed by atoms with Crippen molar-refractivity contribution in [3.63, 3.8) is 0 Å². The quantitative estimate of drug-likeness (QED) is 0.576. The van der Waals surface area contributed by atoms with Crippen molar-refractivity contribution in [2.45, 2.75) is 32.2 Å². The lowest BCUT2D eigenvalue weighted by molar-refractivity contribution is -0.132. The first kappa shape index (κ1) is 9.97. The summed E-state index contributed by atoms with van der Waals surface area (Å²) < 4.78 is 0. The Kier molecular flexibility index (Phi) is 2.77. The van der Waals surface area contributed by atoms with Gasteiger partial charge in [0, 0.05) is 26.1 Å². The van der Waals surface area contributed by atoms with Crippen LogP contribution in [0.5, 0.6) is 0 Å². The molecule has 0 radical (unpaired) electrons. The summed E-state index contributed by atoms with van der Waals surface area (Å²) in [6, 6.07) is 0.736. The van der Waals surface area contributed by atoms with Crippen LogP contribution in [0.25, 0.3) is 0 Å². The van der Waals surface area contributed by atoms with Crippen LogP contribution in [0.4, 0.5) is 0 Å². The van der Waals surface area contributed by atoms with E-state index in [-0.39, 0.29) is 5.91 Å². The third-order valence-corrected chi connectivity index (χ3v) is 3.79. The molecule has 2 rings (SSSR count). The van der Waals surface area contributed by atoms with Crippen LogP contribution in [-0.4, -0.2) is 48.4 Å². The first-order chi connectivity index (χ1) is 6.68. The lowest BCUT2D eigenvalue weighted by atomic mass is 9.84. The van der Waals surface area contributed by atoms with Gasteiger partial charge in [-0.25, -0.2) is 0 Å². The van der Waals surface area contributed by atoms with Crippen molar-refractivity contribution in [3.8, 4) is 0 Å². The van der Waals surface area contributed by atoms with E-state index < -0.39 is 0 Å². The highest BCUT2D eigenvalue weighted by atomic mass is 16.2. The first-order valence-electron chi connectivity index (χ1n) is 5.64. The Morgan fingerprint density at radius 1 is 1.29 bits per heavy atom. The number of rotatable bonds is 0. The maximum atomic E-state index is 11.3. The van der Waals surface area contributed by atoms with Gasteiger partial charge in [0.15, 0.2) is 0 Å². The third kappa shape index (κ3) is 1.78. The fraction of sp³-hybridized carbons (Fsp3) is 0.909. The number of amides is 1. The normalized spacial score (nSPS) is 34.0. The summed E-state index contributed by atoms with van der Waals surface area (Å²) in [6.07, 6.45) is 3.77. The van der Waals surface area contributed by atoms with Crippen LogP contribution in [0.2, 0.25) is 0 Å². The number of carbonyl (C=O) groups excluding carboxylic acids is 1. The van der Waals surface area contributed by atoms with E-state index in [4.69, 9.17) is 0 Å². The van der Waals surface area contributed by atoms with Gasteiger partial charge in [0.05, 0.1) is 0 Å². The van der Waals surface area contributed by atoms with Crippen LogP contribution < -0.4 is 0 Å². The highest BCUT2D eigenvalue weighted by molar-refractivity contribution is 5.73. The Hall–Kier alpha value is -0.570. The lowest BCUT2D eigenvalue weighted by Crippen LogP contribution is -2.53. The van der Waals surface area contributed by atoms with E-state index in [1.807, 2.05) is 4.90 Å².